The summed E-state index contributed by atoms with van der Waals surface area (Å²) < 4.78 is 26.9. The fraction of sp³-hybridized carbons (Fsp3) is 0.462. The molecule has 2 N–H and O–H groups in total. The average Bonchev–Trinajstić information content (AvgIpc) is 2.47. The van der Waals surface area contributed by atoms with Crippen molar-refractivity contribution in [3.63, 3.8) is 0 Å². The van der Waals surface area contributed by atoms with Crippen LogP contribution >= 0.6 is 15.9 Å². The van der Waals surface area contributed by atoms with Gasteiger partial charge in [-0.1, -0.05) is 0 Å². The van der Waals surface area contributed by atoms with Gasteiger partial charge in [-0.15, -0.1) is 0 Å². The Kier molecular flexibility index (Phi) is 5.03. The Labute approximate surface area is 132 Å². The van der Waals surface area contributed by atoms with E-state index in [1.54, 1.807) is 7.05 Å². The van der Waals surface area contributed by atoms with Crippen LogP contribution in [0.2, 0.25) is 0 Å². The van der Waals surface area contributed by atoms with Gasteiger partial charge in [0.2, 0.25) is 10.0 Å². The second kappa shape index (κ2) is 6.43. The minimum absolute atomic E-state index is 0.00383. The van der Waals surface area contributed by atoms with E-state index >= 15 is 0 Å². The van der Waals surface area contributed by atoms with Gasteiger partial charge in [0.25, 0.3) is 0 Å². The number of rotatable bonds is 4. The third-order valence-corrected chi connectivity index (χ3v) is 6.27. The molecule has 0 saturated carbocycles. The molecule has 1 aliphatic heterocycles. The topological polar surface area (TPSA) is 86.7 Å². The number of sulfonamides is 1. The van der Waals surface area contributed by atoms with Crippen LogP contribution in [-0.2, 0) is 10.0 Å². The van der Waals surface area contributed by atoms with Gasteiger partial charge in [-0.2, -0.15) is 4.31 Å². The van der Waals surface area contributed by atoms with Crippen LogP contribution in [0.5, 0.6) is 0 Å². The molecule has 1 heterocycles. The molecule has 116 valence electrons. The molecule has 0 aromatic heterocycles. The van der Waals surface area contributed by atoms with E-state index in [-0.39, 0.29) is 16.5 Å². The van der Waals surface area contributed by atoms with Crippen LogP contribution in [0.15, 0.2) is 27.6 Å². The molecule has 2 rings (SSSR count). The van der Waals surface area contributed by atoms with Crippen molar-refractivity contribution in [2.75, 3.05) is 20.1 Å². The number of nitrogens with one attached hydrogen (secondary N) is 1. The molecule has 0 radical (unpaired) electrons. The van der Waals surface area contributed by atoms with Crippen molar-refractivity contribution < 1.29 is 18.3 Å². The third-order valence-electron chi connectivity index (χ3n) is 3.67. The van der Waals surface area contributed by atoms with Gasteiger partial charge in [0.05, 0.1) is 10.5 Å². The Morgan fingerprint density at radius 3 is 2.57 bits per heavy atom. The Morgan fingerprint density at radius 1 is 1.38 bits per heavy atom. The number of carboxylic acid groups (broad SMARTS) is 1. The molecule has 21 heavy (non-hydrogen) atoms. The van der Waals surface area contributed by atoms with Gasteiger partial charge in [-0.3, -0.25) is 0 Å². The van der Waals surface area contributed by atoms with Gasteiger partial charge < -0.3 is 10.4 Å². The van der Waals surface area contributed by atoms with Gasteiger partial charge >= 0.3 is 5.97 Å². The molecule has 1 aliphatic rings. The number of hydrogen-bond donors (Lipinski definition) is 2. The maximum Gasteiger partial charge on any atom is 0.336 e. The molecule has 0 spiro atoms. The maximum absolute atomic E-state index is 12.6. The monoisotopic (exact) mass is 376 g/mol. The van der Waals surface area contributed by atoms with Crippen molar-refractivity contribution in [3.8, 4) is 0 Å². The van der Waals surface area contributed by atoms with Crippen LogP contribution in [0.25, 0.3) is 0 Å². The Morgan fingerprint density at radius 2 is 2.00 bits per heavy atom. The molecule has 0 amide bonds. The predicted octanol–water partition coefficient (Wildman–Crippen LogP) is 1.52. The second-order valence-corrected chi connectivity index (χ2v) is 7.80. The molecule has 1 fully saturated rings. The number of hydrogen-bond acceptors (Lipinski definition) is 4. The van der Waals surface area contributed by atoms with Crippen LogP contribution in [0.4, 0.5) is 0 Å². The molecule has 1 aromatic rings. The number of aromatic carboxylic acids is 1. The van der Waals surface area contributed by atoms with E-state index in [0.29, 0.717) is 4.47 Å². The summed E-state index contributed by atoms with van der Waals surface area (Å²) >= 11 is 3.11. The van der Waals surface area contributed by atoms with Crippen molar-refractivity contribution in [2.24, 2.45) is 0 Å². The summed E-state index contributed by atoms with van der Waals surface area (Å²) in [5.74, 6) is -1.16. The molecule has 1 aromatic carbocycles. The number of nitrogens with zero attached hydrogens (tertiary/aromatic N) is 1. The molecule has 0 unspecified atom stereocenters. The summed E-state index contributed by atoms with van der Waals surface area (Å²) in [7, 11) is -2.14. The van der Waals surface area contributed by atoms with Crippen LogP contribution < -0.4 is 5.32 Å². The Hall–Kier alpha value is -0.960. The summed E-state index contributed by atoms with van der Waals surface area (Å²) in [6, 6.07) is 4.00. The first-order valence-electron chi connectivity index (χ1n) is 6.55. The summed E-state index contributed by atoms with van der Waals surface area (Å²) in [6.45, 7) is 1.57. The van der Waals surface area contributed by atoms with Crippen molar-refractivity contribution >= 4 is 31.9 Å². The average molecular weight is 377 g/mol. The zero-order valence-corrected chi connectivity index (χ0v) is 13.9. The maximum atomic E-state index is 12.6. The Bertz CT molecular complexity index is 642. The van der Waals surface area contributed by atoms with Crippen molar-refractivity contribution in [1.29, 1.82) is 0 Å². The molecule has 0 bridgehead atoms. The molecule has 1 saturated heterocycles. The lowest BCUT2D eigenvalue weighted by atomic mass is 10.1. The first-order valence-corrected chi connectivity index (χ1v) is 8.79. The lowest BCUT2D eigenvalue weighted by molar-refractivity contribution is 0.0695. The normalized spacial score (nSPS) is 17.1. The summed E-state index contributed by atoms with van der Waals surface area (Å²) in [6.07, 6.45) is 1.50. The number of benzene rings is 1. The van der Waals surface area contributed by atoms with E-state index in [1.165, 1.54) is 22.5 Å². The van der Waals surface area contributed by atoms with Crippen LogP contribution in [0.1, 0.15) is 23.2 Å². The molecule has 6 nitrogen and oxygen atoms in total. The summed E-state index contributed by atoms with van der Waals surface area (Å²) in [4.78, 5) is 11.1. The van der Waals surface area contributed by atoms with E-state index < -0.39 is 16.0 Å². The first-order chi connectivity index (χ1) is 9.84. The largest absolute Gasteiger partial charge is 0.478 e. The van der Waals surface area contributed by atoms with Gasteiger partial charge in [-0.05, 0) is 60.1 Å². The quantitative estimate of drug-likeness (QED) is 0.831. The van der Waals surface area contributed by atoms with E-state index in [2.05, 4.69) is 21.2 Å². The predicted molar refractivity (Wildman–Crippen MR) is 81.9 cm³/mol. The zero-order valence-electron chi connectivity index (χ0n) is 11.5. The minimum atomic E-state index is -3.69. The molecular formula is C13H17BrN2O4S. The standard InChI is InChI=1S/C13H17BrN2O4S/c1-16(9-4-6-15-7-5-9)21(19,20)10-2-3-12(14)11(8-10)13(17)18/h2-3,8-9,15H,4-7H2,1H3,(H,17,18). The fourth-order valence-electron chi connectivity index (χ4n) is 2.36. The van der Waals surface area contributed by atoms with Gasteiger partial charge in [0.1, 0.15) is 0 Å². The first kappa shape index (κ1) is 16.4. The number of carboxylic acids is 1. The lowest BCUT2D eigenvalue weighted by Crippen LogP contribution is -2.43. The number of carbonyl (C=O) groups is 1. The number of piperidine rings is 1. The summed E-state index contributed by atoms with van der Waals surface area (Å²) in [5, 5.41) is 12.3. The smallest absolute Gasteiger partial charge is 0.336 e. The molecule has 8 heteroatoms. The second-order valence-electron chi connectivity index (χ2n) is 4.95. The zero-order chi connectivity index (χ0) is 15.6. The Balaban J connectivity index is 2.34. The SMILES string of the molecule is CN(C1CCNCC1)S(=O)(=O)c1ccc(Br)c(C(=O)O)c1. The highest BCUT2D eigenvalue weighted by molar-refractivity contribution is 9.10. The lowest BCUT2D eigenvalue weighted by Gasteiger charge is -2.30. The molecule has 0 atom stereocenters. The molecule has 0 aliphatic carbocycles. The van der Waals surface area contributed by atoms with Crippen LogP contribution in [0.3, 0.4) is 0 Å². The van der Waals surface area contributed by atoms with E-state index in [1.807, 2.05) is 0 Å². The minimum Gasteiger partial charge on any atom is -0.478 e. The van der Waals surface area contributed by atoms with E-state index in [9.17, 15) is 13.2 Å². The van der Waals surface area contributed by atoms with Gasteiger partial charge in [-0.25, -0.2) is 13.2 Å². The third kappa shape index (κ3) is 3.45. The van der Waals surface area contributed by atoms with Gasteiger partial charge in [0.15, 0.2) is 0 Å². The van der Waals surface area contributed by atoms with Crippen molar-refractivity contribution in [3.05, 3.63) is 28.2 Å². The highest BCUT2D eigenvalue weighted by Crippen LogP contribution is 2.25. The summed E-state index contributed by atoms with van der Waals surface area (Å²) in [5.41, 5.74) is -0.0604. The highest BCUT2D eigenvalue weighted by atomic mass is 79.9. The van der Waals surface area contributed by atoms with Crippen LogP contribution in [-0.4, -0.2) is 50.0 Å². The van der Waals surface area contributed by atoms with Crippen LogP contribution in [0, 0.1) is 0 Å². The molecular weight excluding hydrogens is 360 g/mol. The van der Waals surface area contributed by atoms with Gasteiger partial charge in [0, 0.05) is 17.6 Å². The number of halogens is 1. The van der Waals surface area contributed by atoms with Crippen molar-refractivity contribution in [2.45, 2.75) is 23.8 Å². The van der Waals surface area contributed by atoms with E-state index in [4.69, 9.17) is 5.11 Å². The fourth-order valence-corrected chi connectivity index (χ4v) is 4.22. The van der Waals surface area contributed by atoms with Crippen molar-refractivity contribution in [1.82, 2.24) is 9.62 Å². The van der Waals surface area contributed by atoms with E-state index in [0.717, 1.165) is 25.9 Å². The highest BCUT2D eigenvalue weighted by Gasteiger charge is 2.29.